The zero-order chi connectivity index (χ0) is 20.7. The van der Waals surface area contributed by atoms with E-state index in [4.69, 9.17) is 9.47 Å². The minimum atomic E-state index is -3.60. The van der Waals surface area contributed by atoms with Gasteiger partial charge in [-0.15, -0.1) is 0 Å². The van der Waals surface area contributed by atoms with Crippen LogP contribution < -0.4 is 25.0 Å². The summed E-state index contributed by atoms with van der Waals surface area (Å²) in [4.78, 5) is 24.4. The Kier molecular flexibility index (Phi) is 6.96. The molecule has 9 nitrogen and oxygen atoms in total. The van der Waals surface area contributed by atoms with Crippen LogP contribution in [0.1, 0.15) is 27.6 Å². The molecule has 3 N–H and O–H groups in total. The number of carbonyl (C=O) groups is 2. The van der Waals surface area contributed by atoms with Gasteiger partial charge >= 0.3 is 0 Å². The zero-order valence-corrected chi connectivity index (χ0v) is 16.4. The smallest absolute Gasteiger partial charge is 0.269 e. The number of rotatable bonds is 7. The first-order chi connectivity index (χ1) is 13.3. The van der Waals surface area contributed by atoms with E-state index in [0.29, 0.717) is 11.5 Å². The van der Waals surface area contributed by atoms with Crippen molar-refractivity contribution in [3.63, 3.8) is 0 Å². The molecule has 0 atom stereocenters. The van der Waals surface area contributed by atoms with Crippen LogP contribution >= 0.6 is 0 Å². The van der Waals surface area contributed by atoms with Gasteiger partial charge in [-0.25, -0.2) is 13.1 Å². The number of nitrogens with one attached hydrogen (secondary N) is 3. The van der Waals surface area contributed by atoms with Gasteiger partial charge in [-0.3, -0.25) is 20.4 Å². The van der Waals surface area contributed by atoms with Gasteiger partial charge in [0.1, 0.15) is 0 Å². The Hall–Kier alpha value is -3.11. The van der Waals surface area contributed by atoms with Crippen LogP contribution in [0.4, 0.5) is 0 Å². The first kappa shape index (κ1) is 21.2. The van der Waals surface area contributed by atoms with Gasteiger partial charge in [0.2, 0.25) is 10.0 Å². The minimum Gasteiger partial charge on any atom is -0.493 e. The fourth-order valence-corrected chi connectivity index (χ4v) is 3.34. The topological polar surface area (TPSA) is 123 Å². The molecule has 0 aromatic heterocycles. The Morgan fingerprint density at radius 1 is 0.857 bits per heavy atom. The third-order valence-electron chi connectivity index (χ3n) is 3.70. The number of hydrazine groups is 1. The summed E-state index contributed by atoms with van der Waals surface area (Å²) in [6.45, 7) is 1.92. The van der Waals surface area contributed by atoms with E-state index in [1.54, 1.807) is 13.0 Å². The Morgan fingerprint density at radius 2 is 1.39 bits per heavy atom. The van der Waals surface area contributed by atoms with Crippen LogP contribution in [-0.2, 0) is 10.0 Å². The standard InChI is InChI=1S/C18H21N3O6S/c1-4-19-28(24,25)14-8-5-12(6-9-14)17(22)20-21-18(23)13-7-10-15(26-2)16(11-13)27-3/h5-11,19H,4H2,1-3H3,(H,20,22)(H,21,23). The van der Waals surface area contributed by atoms with Crippen LogP contribution in [0.2, 0.25) is 0 Å². The Labute approximate surface area is 163 Å². The van der Waals surface area contributed by atoms with Crippen molar-refractivity contribution in [1.29, 1.82) is 0 Å². The van der Waals surface area contributed by atoms with Crippen molar-refractivity contribution >= 4 is 21.8 Å². The molecule has 0 spiro atoms. The number of hydrogen-bond donors (Lipinski definition) is 3. The minimum absolute atomic E-state index is 0.0419. The zero-order valence-electron chi connectivity index (χ0n) is 15.6. The third-order valence-corrected chi connectivity index (χ3v) is 5.26. The molecule has 150 valence electrons. The lowest BCUT2D eigenvalue weighted by molar-refractivity contribution is 0.0846. The van der Waals surface area contributed by atoms with E-state index >= 15 is 0 Å². The maximum absolute atomic E-state index is 12.2. The normalized spacial score (nSPS) is 10.8. The predicted octanol–water partition coefficient (Wildman–Crippen LogP) is 1.08. The van der Waals surface area contributed by atoms with Crippen molar-refractivity contribution in [2.45, 2.75) is 11.8 Å². The summed E-state index contributed by atoms with van der Waals surface area (Å²) in [5.41, 5.74) is 4.99. The van der Waals surface area contributed by atoms with E-state index in [-0.39, 0.29) is 22.6 Å². The van der Waals surface area contributed by atoms with Crippen molar-refractivity contribution in [3.05, 3.63) is 53.6 Å². The fourth-order valence-electron chi connectivity index (χ4n) is 2.29. The Morgan fingerprint density at radius 3 is 1.93 bits per heavy atom. The first-order valence-electron chi connectivity index (χ1n) is 8.24. The third kappa shape index (κ3) is 4.99. The summed E-state index contributed by atoms with van der Waals surface area (Å²) in [6, 6.07) is 9.87. The van der Waals surface area contributed by atoms with E-state index in [1.165, 1.54) is 50.6 Å². The monoisotopic (exact) mass is 407 g/mol. The molecule has 0 aliphatic heterocycles. The molecule has 2 rings (SSSR count). The highest BCUT2D eigenvalue weighted by Gasteiger charge is 2.15. The summed E-state index contributed by atoms with van der Waals surface area (Å²) in [5.74, 6) is -0.309. The number of benzene rings is 2. The Bertz CT molecular complexity index is 958. The predicted molar refractivity (Wildman–Crippen MR) is 102 cm³/mol. The number of hydrogen-bond acceptors (Lipinski definition) is 6. The van der Waals surface area contributed by atoms with Crippen LogP contribution in [0, 0.1) is 0 Å². The second-order valence-electron chi connectivity index (χ2n) is 5.50. The molecule has 0 saturated carbocycles. The van der Waals surface area contributed by atoms with Gasteiger partial charge in [0.05, 0.1) is 19.1 Å². The molecule has 0 bridgehead atoms. The summed E-state index contributed by atoms with van der Waals surface area (Å²) in [5, 5.41) is 0. The first-order valence-corrected chi connectivity index (χ1v) is 9.73. The largest absolute Gasteiger partial charge is 0.493 e. The lowest BCUT2D eigenvalue weighted by Gasteiger charge is -2.11. The molecule has 0 unspecified atom stereocenters. The average molecular weight is 407 g/mol. The number of carbonyl (C=O) groups excluding carboxylic acids is 2. The van der Waals surface area contributed by atoms with E-state index in [2.05, 4.69) is 15.6 Å². The lowest BCUT2D eigenvalue weighted by atomic mass is 10.2. The number of methoxy groups -OCH3 is 2. The van der Waals surface area contributed by atoms with Gasteiger partial charge < -0.3 is 9.47 Å². The van der Waals surface area contributed by atoms with Gasteiger partial charge in [-0.1, -0.05) is 6.92 Å². The maximum Gasteiger partial charge on any atom is 0.269 e. The molecular formula is C18H21N3O6S. The van der Waals surface area contributed by atoms with Gasteiger partial charge in [0, 0.05) is 17.7 Å². The number of amides is 2. The lowest BCUT2D eigenvalue weighted by Crippen LogP contribution is -2.41. The molecule has 0 aliphatic carbocycles. The SMILES string of the molecule is CCNS(=O)(=O)c1ccc(C(=O)NNC(=O)c2ccc(OC)c(OC)c2)cc1. The molecule has 0 aliphatic rings. The molecule has 2 aromatic rings. The van der Waals surface area contributed by atoms with Gasteiger partial charge in [-0.05, 0) is 42.5 Å². The second kappa shape index (κ2) is 9.20. The highest BCUT2D eigenvalue weighted by molar-refractivity contribution is 7.89. The molecular weight excluding hydrogens is 386 g/mol. The summed E-state index contributed by atoms with van der Waals surface area (Å²) >= 11 is 0. The molecule has 10 heteroatoms. The highest BCUT2D eigenvalue weighted by Crippen LogP contribution is 2.27. The van der Waals surface area contributed by atoms with E-state index in [9.17, 15) is 18.0 Å². The van der Waals surface area contributed by atoms with Crippen molar-refractivity contribution in [1.82, 2.24) is 15.6 Å². The molecule has 0 radical (unpaired) electrons. The van der Waals surface area contributed by atoms with Crippen molar-refractivity contribution < 1.29 is 27.5 Å². The number of ether oxygens (including phenoxy) is 2. The van der Waals surface area contributed by atoms with E-state index < -0.39 is 21.8 Å². The van der Waals surface area contributed by atoms with Gasteiger partial charge in [-0.2, -0.15) is 0 Å². The van der Waals surface area contributed by atoms with Crippen LogP contribution in [0.3, 0.4) is 0 Å². The highest BCUT2D eigenvalue weighted by atomic mass is 32.2. The van der Waals surface area contributed by atoms with Crippen molar-refractivity contribution in [3.8, 4) is 11.5 Å². The summed E-state index contributed by atoms with van der Waals surface area (Å²) in [7, 11) is -0.676. The molecule has 28 heavy (non-hydrogen) atoms. The molecule has 0 saturated heterocycles. The summed E-state index contributed by atoms with van der Waals surface area (Å²) < 4.78 is 36.4. The molecule has 0 heterocycles. The summed E-state index contributed by atoms with van der Waals surface area (Å²) in [6.07, 6.45) is 0. The van der Waals surface area contributed by atoms with Crippen LogP contribution in [-0.4, -0.2) is 41.0 Å². The van der Waals surface area contributed by atoms with E-state index in [1.807, 2.05) is 0 Å². The maximum atomic E-state index is 12.2. The fraction of sp³-hybridized carbons (Fsp3) is 0.222. The molecule has 2 aromatic carbocycles. The molecule has 2 amide bonds. The quantitative estimate of drug-likeness (QED) is 0.590. The van der Waals surface area contributed by atoms with Crippen LogP contribution in [0.5, 0.6) is 11.5 Å². The van der Waals surface area contributed by atoms with Crippen LogP contribution in [0.15, 0.2) is 47.4 Å². The van der Waals surface area contributed by atoms with Crippen LogP contribution in [0.25, 0.3) is 0 Å². The number of sulfonamides is 1. The van der Waals surface area contributed by atoms with Crippen molar-refractivity contribution in [2.75, 3.05) is 20.8 Å². The Balaban J connectivity index is 2.03. The average Bonchev–Trinajstić information content (AvgIpc) is 2.71. The molecule has 0 fully saturated rings. The van der Waals surface area contributed by atoms with Gasteiger partial charge in [0.25, 0.3) is 11.8 Å². The van der Waals surface area contributed by atoms with E-state index in [0.717, 1.165) is 0 Å². The van der Waals surface area contributed by atoms with Crippen molar-refractivity contribution in [2.24, 2.45) is 0 Å². The van der Waals surface area contributed by atoms with Gasteiger partial charge in [0.15, 0.2) is 11.5 Å². The second-order valence-corrected chi connectivity index (χ2v) is 7.27.